The van der Waals surface area contributed by atoms with Crippen LogP contribution in [0.15, 0.2) is 71.7 Å². The lowest BCUT2D eigenvalue weighted by Gasteiger charge is -2.10. The van der Waals surface area contributed by atoms with Crippen LogP contribution in [-0.4, -0.2) is 17.9 Å². The molecule has 3 rings (SSSR count). The summed E-state index contributed by atoms with van der Waals surface area (Å²) < 4.78 is 0. The van der Waals surface area contributed by atoms with Gasteiger partial charge in [0, 0.05) is 18.2 Å². The quantitative estimate of drug-likeness (QED) is 0.725. The molecule has 21 heavy (non-hydrogen) atoms. The Balaban J connectivity index is 2.14. The van der Waals surface area contributed by atoms with Crippen LogP contribution in [0.5, 0.6) is 0 Å². The van der Waals surface area contributed by atoms with Gasteiger partial charge in [0.05, 0.1) is 12.3 Å². The standard InChI is InChI=1S/C19H17NO/c1-20-19(16-11-9-14(13-21)10-12-16)18-8-4-6-15-5-2-3-7-17(15)18/h2-12,21H,13H2,1H3. The summed E-state index contributed by atoms with van der Waals surface area (Å²) in [6.45, 7) is 0.0626. The molecule has 0 aliphatic carbocycles. The molecule has 0 saturated carbocycles. The van der Waals surface area contributed by atoms with E-state index >= 15 is 0 Å². The van der Waals surface area contributed by atoms with E-state index in [9.17, 15) is 0 Å². The van der Waals surface area contributed by atoms with Gasteiger partial charge in [-0.2, -0.15) is 0 Å². The molecule has 0 saturated heterocycles. The zero-order valence-electron chi connectivity index (χ0n) is 12.0. The second-order valence-corrected chi connectivity index (χ2v) is 4.95. The van der Waals surface area contributed by atoms with Crippen molar-refractivity contribution in [2.45, 2.75) is 6.61 Å². The third-order valence-corrected chi connectivity index (χ3v) is 3.68. The molecule has 3 aromatic carbocycles. The van der Waals surface area contributed by atoms with Gasteiger partial charge in [-0.3, -0.25) is 4.99 Å². The number of aliphatic imine (C=N–C) groups is 1. The second-order valence-electron chi connectivity index (χ2n) is 4.95. The predicted molar refractivity (Wildman–Crippen MR) is 87.9 cm³/mol. The van der Waals surface area contributed by atoms with E-state index in [1.54, 1.807) is 0 Å². The fourth-order valence-electron chi connectivity index (χ4n) is 2.60. The van der Waals surface area contributed by atoms with Gasteiger partial charge in [-0.05, 0) is 16.3 Å². The summed E-state index contributed by atoms with van der Waals surface area (Å²) in [6, 6.07) is 22.5. The Morgan fingerprint density at radius 1 is 0.905 bits per heavy atom. The predicted octanol–water partition coefficient (Wildman–Crippen LogP) is 3.80. The molecule has 0 amide bonds. The monoisotopic (exact) mass is 275 g/mol. The minimum atomic E-state index is 0.0626. The molecule has 0 aromatic heterocycles. The lowest BCUT2D eigenvalue weighted by molar-refractivity contribution is 0.282. The Labute approximate surface area is 124 Å². The van der Waals surface area contributed by atoms with E-state index in [0.29, 0.717) is 0 Å². The Morgan fingerprint density at radius 2 is 1.62 bits per heavy atom. The summed E-state index contributed by atoms with van der Waals surface area (Å²) >= 11 is 0. The molecule has 0 radical (unpaired) electrons. The molecule has 0 atom stereocenters. The smallest absolute Gasteiger partial charge is 0.0721 e. The van der Waals surface area contributed by atoms with Crippen molar-refractivity contribution in [2.24, 2.45) is 4.99 Å². The molecule has 0 heterocycles. The molecule has 0 spiro atoms. The molecular formula is C19H17NO. The van der Waals surface area contributed by atoms with Gasteiger partial charge in [0.2, 0.25) is 0 Å². The normalized spacial score (nSPS) is 11.8. The Hall–Kier alpha value is -2.45. The first kappa shape index (κ1) is 13.5. The highest BCUT2D eigenvalue weighted by Crippen LogP contribution is 2.22. The van der Waals surface area contributed by atoms with E-state index < -0.39 is 0 Å². The minimum Gasteiger partial charge on any atom is -0.392 e. The van der Waals surface area contributed by atoms with E-state index in [2.05, 4.69) is 35.3 Å². The Morgan fingerprint density at radius 3 is 2.33 bits per heavy atom. The summed E-state index contributed by atoms with van der Waals surface area (Å²) in [6.07, 6.45) is 0. The number of rotatable bonds is 3. The van der Waals surface area contributed by atoms with Crippen molar-refractivity contribution >= 4 is 16.5 Å². The van der Waals surface area contributed by atoms with Gasteiger partial charge in [0.25, 0.3) is 0 Å². The van der Waals surface area contributed by atoms with E-state index in [1.165, 1.54) is 10.8 Å². The number of benzene rings is 3. The van der Waals surface area contributed by atoms with Crippen molar-refractivity contribution in [1.82, 2.24) is 0 Å². The summed E-state index contributed by atoms with van der Waals surface area (Å²) in [5, 5.41) is 11.6. The van der Waals surface area contributed by atoms with Gasteiger partial charge in [0.15, 0.2) is 0 Å². The maximum absolute atomic E-state index is 9.15. The Kier molecular flexibility index (Phi) is 3.80. The largest absolute Gasteiger partial charge is 0.392 e. The first-order chi connectivity index (χ1) is 10.3. The number of hydrogen-bond acceptors (Lipinski definition) is 2. The Bertz CT molecular complexity index is 783. The molecule has 0 fully saturated rings. The SMILES string of the molecule is CN=C(c1ccc(CO)cc1)c1cccc2ccccc12. The molecular weight excluding hydrogens is 258 g/mol. The summed E-state index contributed by atoms with van der Waals surface area (Å²) in [7, 11) is 1.82. The number of aliphatic hydroxyl groups excluding tert-OH is 1. The minimum absolute atomic E-state index is 0.0626. The van der Waals surface area contributed by atoms with E-state index in [0.717, 1.165) is 22.4 Å². The van der Waals surface area contributed by atoms with Crippen LogP contribution < -0.4 is 0 Å². The zero-order valence-corrected chi connectivity index (χ0v) is 12.0. The van der Waals surface area contributed by atoms with Gasteiger partial charge < -0.3 is 5.11 Å². The van der Waals surface area contributed by atoms with Gasteiger partial charge in [0.1, 0.15) is 0 Å². The van der Waals surface area contributed by atoms with Gasteiger partial charge in [-0.1, -0.05) is 66.7 Å². The summed E-state index contributed by atoms with van der Waals surface area (Å²) in [4.78, 5) is 4.49. The van der Waals surface area contributed by atoms with Crippen LogP contribution in [0.3, 0.4) is 0 Å². The van der Waals surface area contributed by atoms with Crippen molar-refractivity contribution in [2.75, 3.05) is 7.05 Å². The fourth-order valence-corrected chi connectivity index (χ4v) is 2.60. The van der Waals surface area contributed by atoms with Crippen molar-refractivity contribution in [3.05, 3.63) is 83.4 Å². The molecule has 0 aliphatic heterocycles. The summed E-state index contributed by atoms with van der Waals surface area (Å²) in [5.41, 5.74) is 4.07. The molecule has 0 bridgehead atoms. The van der Waals surface area contributed by atoms with Crippen molar-refractivity contribution in [3.8, 4) is 0 Å². The van der Waals surface area contributed by atoms with Crippen LogP contribution in [0, 0.1) is 0 Å². The maximum Gasteiger partial charge on any atom is 0.0721 e. The fraction of sp³-hybridized carbons (Fsp3) is 0.105. The molecule has 1 N–H and O–H groups in total. The average molecular weight is 275 g/mol. The average Bonchev–Trinajstić information content (AvgIpc) is 2.56. The van der Waals surface area contributed by atoms with E-state index in [1.807, 2.05) is 43.4 Å². The first-order valence-electron chi connectivity index (χ1n) is 6.98. The summed E-state index contributed by atoms with van der Waals surface area (Å²) in [5.74, 6) is 0. The molecule has 0 unspecified atom stereocenters. The van der Waals surface area contributed by atoms with E-state index in [4.69, 9.17) is 5.11 Å². The molecule has 0 aliphatic rings. The topological polar surface area (TPSA) is 32.6 Å². The highest BCUT2D eigenvalue weighted by Gasteiger charge is 2.09. The van der Waals surface area contributed by atoms with Crippen molar-refractivity contribution in [1.29, 1.82) is 0 Å². The third-order valence-electron chi connectivity index (χ3n) is 3.68. The first-order valence-corrected chi connectivity index (χ1v) is 6.98. The second kappa shape index (κ2) is 5.90. The van der Waals surface area contributed by atoms with Crippen LogP contribution in [0.2, 0.25) is 0 Å². The lowest BCUT2D eigenvalue weighted by Crippen LogP contribution is -2.04. The number of hydrogen-bond donors (Lipinski definition) is 1. The molecule has 2 nitrogen and oxygen atoms in total. The highest BCUT2D eigenvalue weighted by molar-refractivity contribution is 6.19. The number of nitrogens with zero attached hydrogens (tertiary/aromatic N) is 1. The van der Waals surface area contributed by atoms with Crippen LogP contribution in [0.25, 0.3) is 10.8 Å². The molecule has 104 valence electrons. The van der Waals surface area contributed by atoms with Gasteiger partial charge >= 0.3 is 0 Å². The van der Waals surface area contributed by atoms with Crippen LogP contribution >= 0.6 is 0 Å². The highest BCUT2D eigenvalue weighted by atomic mass is 16.3. The van der Waals surface area contributed by atoms with Gasteiger partial charge in [-0.15, -0.1) is 0 Å². The van der Waals surface area contributed by atoms with Crippen LogP contribution in [0.4, 0.5) is 0 Å². The zero-order chi connectivity index (χ0) is 14.7. The third kappa shape index (κ3) is 2.58. The molecule has 3 aromatic rings. The lowest BCUT2D eigenvalue weighted by atomic mass is 9.96. The van der Waals surface area contributed by atoms with Gasteiger partial charge in [-0.25, -0.2) is 0 Å². The number of fused-ring (bicyclic) bond motifs is 1. The van der Waals surface area contributed by atoms with Crippen LogP contribution in [-0.2, 0) is 6.61 Å². The molecule has 2 heteroatoms. The van der Waals surface area contributed by atoms with Crippen LogP contribution in [0.1, 0.15) is 16.7 Å². The van der Waals surface area contributed by atoms with Crippen molar-refractivity contribution in [3.63, 3.8) is 0 Å². The maximum atomic E-state index is 9.15. The van der Waals surface area contributed by atoms with Crippen molar-refractivity contribution < 1.29 is 5.11 Å². The number of aliphatic hydroxyl groups is 1. The van der Waals surface area contributed by atoms with E-state index in [-0.39, 0.29) is 6.61 Å².